The van der Waals surface area contributed by atoms with Crippen LogP contribution in [0.5, 0.6) is 0 Å². The highest BCUT2D eigenvalue weighted by molar-refractivity contribution is 6.13. The Morgan fingerprint density at radius 2 is 1.89 bits per heavy atom. The Balaban J connectivity index is 1.69. The van der Waals surface area contributed by atoms with Crippen LogP contribution in [0, 0.1) is 0 Å². The monoisotopic (exact) mass is 368 g/mol. The maximum absolute atomic E-state index is 12.8. The fourth-order valence-electron chi connectivity index (χ4n) is 3.17. The predicted molar refractivity (Wildman–Crippen MR) is 99.9 cm³/mol. The molecule has 27 heavy (non-hydrogen) atoms. The van der Waals surface area contributed by atoms with Crippen LogP contribution >= 0.6 is 0 Å². The first-order valence-corrected chi connectivity index (χ1v) is 8.44. The molecule has 1 aromatic heterocycles. The highest BCUT2D eigenvalue weighted by Gasteiger charge is 2.30. The van der Waals surface area contributed by atoms with Crippen LogP contribution in [0.4, 0.5) is 13.2 Å². The molecule has 1 aliphatic carbocycles. The molecule has 1 N–H and O–H groups in total. The Morgan fingerprint density at radius 3 is 2.70 bits per heavy atom. The van der Waals surface area contributed by atoms with Gasteiger partial charge in [0.15, 0.2) is 5.43 Å². The van der Waals surface area contributed by atoms with Crippen molar-refractivity contribution in [1.29, 1.82) is 0 Å². The number of aliphatic imine (C=N–C) groups is 1. The van der Waals surface area contributed by atoms with E-state index in [0.29, 0.717) is 33.6 Å². The number of pyridine rings is 1. The number of rotatable bonds is 2. The van der Waals surface area contributed by atoms with E-state index in [0.717, 1.165) is 17.6 Å². The zero-order valence-electron chi connectivity index (χ0n) is 14.2. The van der Waals surface area contributed by atoms with Gasteiger partial charge in [0.05, 0.1) is 17.5 Å². The maximum atomic E-state index is 12.8. The van der Waals surface area contributed by atoms with Crippen molar-refractivity contribution in [2.75, 3.05) is 0 Å². The molecule has 136 valence electrons. The van der Waals surface area contributed by atoms with Gasteiger partial charge in [-0.1, -0.05) is 30.3 Å². The van der Waals surface area contributed by atoms with E-state index >= 15 is 0 Å². The second-order valence-electron chi connectivity index (χ2n) is 6.39. The van der Waals surface area contributed by atoms with Gasteiger partial charge in [-0.3, -0.25) is 9.79 Å². The van der Waals surface area contributed by atoms with E-state index in [2.05, 4.69) is 9.98 Å². The molecule has 3 aromatic rings. The van der Waals surface area contributed by atoms with E-state index in [1.165, 1.54) is 6.07 Å². The average Bonchev–Trinajstić information content (AvgIpc) is 2.66. The lowest BCUT2D eigenvalue weighted by atomic mass is 10.1. The van der Waals surface area contributed by atoms with Gasteiger partial charge < -0.3 is 4.98 Å². The first-order chi connectivity index (χ1) is 12.9. The third-order valence-electron chi connectivity index (χ3n) is 4.52. The zero-order valence-corrected chi connectivity index (χ0v) is 14.2. The van der Waals surface area contributed by atoms with Crippen molar-refractivity contribution >= 4 is 28.8 Å². The van der Waals surface area contributed by atoms with Crippen LogP contribution in [0.15, 0.2) is 58.3 Å². The number of fused-ring (bicyclic) bond motifs is 2. The molecular formula is C21H15F3N2O. The molecule has 1 heterocycles. The first kappa shape index (κ1) is 17.3. The van der Waals surface area contributed by atoms with E-state index in [1.807, 2.05) is 24.3 Å². The van der Waals surface area contributed by atoms with Gasteiger partial charge in [-0.25, -0.2) is 0 Å². The van der Waals surface area contributed by atoms with Crippen LogP contribution < -0.4 is 16.0 Å². The lowest BCUT2D eigenvalue weighted by Crippen LogP contribution is -2.43. The van der Waals surface area contributed by atoms with Crippen LogP contribution in [0.25, 0.3) is 23.1 Å². The largest absolute Gasteiger partial charge is 0.416 e. The summed E-state index contributed by atoms with van der Waals surface area (Å²) in [5.74, 6) is 0. The number of hydrogen-bond acceptors (Lipinski definition) is 2. The second-order valence-corrected chi connectivity index (χ2v) is 6.39. The lowest BCUT2D eigenvalue weighted by molar-refractivity contribution is -0.137. The van der Waals surface area contributed by atoms with Crippen LogP contribution in [-0.2, 0) is 12.7 Å². The quantitative estimate of drug-likeness (QED) is 0.742. The molecule has 1 aliphatic rings. The van der Waals surface area contributed by atoms with Crippen molar-refractivity contribution in [2.45, 2.75) is 19.1 Å². The van der Waals surface area contributed by atoms with Crippen LogP contribution in [0.2, 0.25) is 0 Å². The number of para-hydroxylation sites is 1. The lowest BCUT2D eigenvalue weighted by Gasteiger charge is -2.08. The molecule has 0 saturated carbocycles. The fourth-order valence-corrected chi connectivity index (χ4v) is 3.17. The molecule has 0 spiro atoms. The number of H-pyrrole nitrogens is 1. The summed E-state index contributed by atoms with van der Waals surface area (Å²) < 4.78 is 38.4. The predicted octanol–water partition coefficient (Wildman–Crippen LogP) is 3.15. The standard InChI is InChI=1S/C21H15F3N2O/c22-21(23,24)14-5-3-4-13(10-14)12-25-15-8-9-17-19(11-15)26-18-7-2-1-6-16(18)20(17)27/h1-7,9-11,26H,8,12H2. The van der Waals surface area contributed by atoms with E-state index < -0.39 is 11.7 Å². The number of nitrogens with one attached hydrogen (secondary N) is 1. The van der Waals surface area contributed by atoms with Gasteiger partial charge in [0.25, 0.3) is 0 Å². The number of hydrogen-bond donors (Lipinski definition) is 1. The van der Waals surface area contributed by atoms with Gasteiger partial charge in [0.1, 0.15) is 0 Å². The zero-order chi connectivity index (χ0) is 19.0. The highest BCUT2D eigenvalue weighted by atomic mass is 19.4. The molecule has 0 unspecified atom stereocenters. The minimum absolute atomic E-state index is 0.0347. The summed E-state index contributed by atoms with van der Waals surface area (Å²) in [7, 11) is 0. The maximum Gasteiger partial charge on any atom is 0.416 e. The Bertz CT molecular complexity index is 1240. The highest BCUT2D eigenvalue weighted by Crippen LogP contribution is 2.29. The average molecular weight is 368 g/mol. The number of nitrogens with zero attached hydrogens (tertiary/aromatic N) is 1. The van der Waals surface area contributed by atoms with E-state index in [-0.39, 0.29) is 12.0 Å². The third-order valence-corrected chi connectivity index (χ3v) is 4.52. The molecule has 0 radical (unpaired) electrons. The summed E-state index contributed by atoms with van der Waals surface area (Å²) >= 11 is 0. The van der Waals surface area contributed by atoms with Crippen molar-refractivity contribution in [2.24, 2.45) is 4.99 Å². The number of aromatic nitrogens is 1. The number of halogens is 3. The molecule has 3 nitrogen and oxygen atoms in total. The van der Waals surface area contributed by atoms with Crippen molar-refractivity contribution in [1.82, 2.24) is 4.98 Å². The third kappa shape index (κ3) is 3.43. The smallest absolute Gasteiger partial charge is 0.354 e. The first-order valence-electron chi connectivity index (χ1n) is 8.44. The van der Waals surface area contributed by atoms with E-state index in [1.54, 1.807) is 18.2 Å². The topological polar surface area (TPSA) is 45.2 Å². The molecule has 6 heteroatoms. The molecule has 0 atom stereocenters. The van der Waals surface area contributed by atoms with Crippen LogP contribution in [0.1, 0.15) is 17.5 Å². The summed E-state index contributed by atoms with van der Waals surface area (Å²) in [6.45, 7) is 0.150. The molecule has 0 fully saturated rings. The minimum Gasteiger partial charge on any atom is -0.354 e. The van der Waals surface area contributed by atoms with Gasteiger partial charge in [-0.15, -0.1) is 0 Å². The Morgan fingerprint density at radius 1 is 1.07 bits per heavy atom. The minimum atomic E-state index is -4.37. The van der Waals surface area contributed by atoms with Crippen molar-refractivity contribution in [3.8, 4) is 0 Å². The molecule has 2 aromatic carbocycles. The number of aromatic amines is 1. The van der Waals surface area contributed by atoms with Gasteiger partial charge in [-0.05, 0) is 35.9 Å². The summed E-state index contributed by atoms with van der Waals surface area (Å²) in [6.07, 6.45) is -0.302. The summed E-state index contributed by atoms with van der Waals surface area (Å²) in [5.41, 5.74) is 1.23. The Kier molecular flexibility index (Phi) is 4.18. The van der Waals surface area contributed by atoms with Crippen molar-refractivity contribution in [3.05, 3.63) is 80.4 Å². The molecule has 0 aliphatic heterocycles. The van der Waals surface area contributed by atoms with Crippen molar-refractivity contribution in [3.63, 3.8) is 0 Å². The van der Waals surface area contributed by atoms with Gasteiger partial charge in [0.2, 0.25) is 0 Å². The van der Waals surface area contributed by atoms with E-state index in [9.17, 15) is 18.0 Å². The second kappa shape index (κ2) is 6.54. The molecule has 0 saturated heterocycles. The molecule has 4 rings (SSSR count). The Hall–Kier alpha value is -3.15. The molecule has 0 bridgehead atoms. The normalized spacial score (nSPS) is 15.3. The summed E-state index contributed by atoms with van der Waals surface area (Å²) in [4.78, 5) is 20.2. The van der Waals surface area contributed by atoms with E-state index in [4.69, 9.17) is 0 Å². The van der Waals surface area contributed by atoms with Gasteiger partial charge in [-0.2, -0.15) is 13.2 Å². The molecular weight excluding hydrogens is 353 g/mol. The van der Waals surface area contributed by atoms with Crippen LogP contribution in [-0.4, -0.2) is 10.7 Å². The van der Waals surface area contributed by atoms with Gasteiger partial charge >= 0.3 is 6.18 Å². The number of benzene rings is 2. The summed E-state index contributed by atoms with van der Waals surface area (Å²) in [6, 6.07) is 12.4. The summed E-state index contributed by atoms with van der Waals surface area (Å²) in [5, 5.41) is 1.91. The van der Waals surface area contributed by atoms with Gasteiger partial charge in [0, 0.05) is 28.3 Å². The van der Waals surface area contributed by atoms with Crippen molar-refractivity contribution < 1.29 is 13.2 Å². The SMILES string of the molecule is O=c1c2c([nH]c3ccccc13)=CC(=NCc1cccc(C(F)(F)F)c1)CC=2. The fraction of sp³-hybridized carbons (Fsp3) is 0.143. The molecule has 0 amide bonds. The number of alkyl halides is 3. The Labute approximate surface area is 152 Å². The van der Waals surface area contributed by atoms with Crippen LogP contribution in [0.3, 0.4) is 0 Å².